The molecule has 0 fully saturated rings. The summed E-state index contributed by atoms with van der Waals surface area (Å²) in [7, 11) is 0. The number of benzene rings is 1. The van der Waals surface area contributed by atoms with Crippen molar-refractivity contribution >= 4 is 17.7 Å². The van der Waals surface area contributed by atoms with Crippen molar-refractivity contribution in [2.45, 2.75) is 32.2 Å². The molecule has 0 bridgehead atoms. The van der Waals surface area contributed by atoms with E-state index in [2.05, 4.69) is 18.5 Å². The summed E-state index contributed by atoms with van der Waals surface area (Å²) in [5.41, 5.74) is 0.261. The van der Waals surface area contributed by atoms with Crippen LogP contribution in [0.3, 0.4) is 0 Å². The molecule has 3 nitrogen and oxygen atoms in total. The molecular formula is C16H25NO2S. The molecule has 0 spiro atoms. The SMILES string of the molecule is CCCNC(CCSC)(C(=O)OCC)c1ccccc1. The zero-order valence-corrected chi connectivity index (χ0v) is 13.5. The number of esters is 1. The summed E-state index contributed by atoms with van der Waals surface area (Å²) < 4.78 is 5.35. The minimum Gasteiger partial charge on any atom is -0.464 e. The molecule has 112 valence electrons. The van der Waals surface area contributed by atoms with Crippen molar-refractivity contribution in [3.63, 3.8) is 0 Å². The fraction of sp³-hybridized carbons (Fsp3) is 0.562. The van der Waals surface area contributed by atoms with Crippen molar-refractivity contribution in [1.82, 2.24) is 5.32 Å². The van der Waals surface area contributed by atoms with Gasteiger partial charge in [-0.3, -0.25) is 5.32 Å². The Balaban J connectivity index is 3.13. The summed E-state index contributed by atoms with van der Waals surface area (Å²) in [6.07, 6.45) is 3.77. The van der Waals surface area contributed by atoms with Crippen LogP contribution in [0.4, 0.5) is 0 Å². The first kappa shape index (κ1) is 17.1. The number of hydrogen-bond acceptors (Lipinski definition) is 4. The average molecular weight is 295 g/mol. The van der Waals surface area contributed by atoms with E-state index in [4.69, 9.17) is 4.74 Å². The van der Waals surface area contributed by atoms with Crippen LogP contribution in [-0.2, 0) is 15.1 Å². The molecule has 0 radical (unpaired) electrons. The quantitative estimate of drug-likeness (QED) is 0.710. The average Bonchev–Trinajstić information content (AvgIpc) is 2.49. The predicted octanol–water partition coefficient (Wildman–Crippen LogP) is 3.20. The highest BCUT2D eigenvalue weighted by atomic mass is 32.2. The maximum absolute atomic E-state index is 12.6. The molecule has 20 heavy (non-hydrogen) atoms. The molecule has 1 aromatic rings. The number of hydrogen-bond donors (Lipinski definition) is 1. The third-order valence-electron chi connectivity index (χ3n) is 3.25. The number of carbonyl (C=O) groups is 1. The molecular weight excluding hydrogens is 270 g/mol. The summed E-state index contributed by atoms with van der Waals surface area (Å²) in [4.78, 5) is 12.6. The number of carbonyl (C=O) groups excluding carboxylic acids is 1. The summed E-state index contributed by atoms with van der Waals surface area (Å²) >= 11 is 1.74. The molecule has 0 amide bonds. The van der Waals surface area contributed by atoms with Crippen molar-refractivity contribution in [2.75, 3.05) is 25.2 Å². The topological polar surface area (TPSA) is 38.3 Å². The number of rotatable bonds is 9. The van der Waals surface area contributed by atoms with E-state index >= 15 is 0 Å². The lowest BCUT2D eigenvalue weighted by atomic mass is 9.87. The van der Waals surface area contributed by atoms with Gasteiger partial charge < -0.3 is 4.74 Å². The number of thioether (sulfide) groups is 1. The Hall–Kier alpha value is -1.00. The maximum Gasteiger partial charge on any atom is 0.331 e. The summed E-state index contributed by atoms with van der Waals surface area (Å²) in [6, 6.07) is 9.90. The highest BCUT2D eigenvalue weighted by Gasteiger charge is 2.40. The van der Waals surface area contributed by atoms with Crippen LogP contribution in [0.15, 0.2) is 30.3 Å². The lowest BCUT2D eigenvalue weighted by molar-refractivity contribution is -0.152. The van der Waals surface area contributed by atoms with Gasteiger partial charge in [0.25, 0.3) is 0 Å². The van der Waals surface area contributed by atoms with Crippen LogP contribution in [0.1, 0.15) is 32.3 Å². The van der Waals surface area contributed by atoms with E-state index in [1.807, 2.05) is 37.3 Å². The zero-order chi connectivity index (χ0) is 14.8. The zero-order valence-electron chi connectivity index (χ0n) is 12.6. The summed E-state index contributed by atoms with van der Waals surface area (Å²) in [6.45, 7) is 5.15. The largest absolute Gasteiger partial charge is 0.464 e. The Labute approximate surface area is 126 Å². The molecule has 0 heterocycles. The minimum absolute atomic E-state index is 0.172. The molecule has 0 aromatic heterocycles. The second kappa shape index (κ2) is 9.03. The molecule has 0 aliphatic heterocycles. The van der Waals surface area contributed by atoms with Crippen molar-refractivity contribution in [2.24, 2.45) is 0 Å². The highest BCUT2D eigenvalue weighted by Crippen LogP contribution is 2.28. The molecule has 4 heteroatoms. The van der Waals surface area contributed by atoms with Crippen LogP contribution in [0.5, 0.6) is 0 Å². The van der Waals surface area contributed by atoms with E-state index in [0.29, 0.717) is 6.61 Å². The third kappa shape index (κ3) is 4.25. The predicted molar refractivity (Wildman–Crippen MR) is 86.0 cm³/mol. The molecule has 1 rings (SSSR count). The van der Waals surface area contributed by atoms with Crippen LogP contribution in [0.2, 0.25) is 0 Å². The van der Waals surface area contributed by atoms with Gasteiger partial charge in [0, 0.05) is 0 Å². The monoisotopic (exact) mass is 295 g/mol. The fourth-order valence-corrected chi connectivity index (χ4v) is 2.71. The van der Waals surface area contributed by atoms with Gasteiger partial charge in [0.1, 0.15) is 5.54 Å². The van der Waals surface area contributed by atoms with E-state index in [9.17, 15) is 4.79 Å². The van der Waals surface area contributed by atoms with Gasteiger partial charge in [0.05, 0.1) is 6.61 Å². The van der Waals surface area contributed by atoms with Crippen molar-refractivity contribution in [3.8, 4) is 0 Å². The van der Waals surface area contributed by atoms with E-state index < -0.39 is 5.54 Å². The molecule has 0 aliphatic rings. The van der Waals surface area contributed by atoms with Crippen LogP contribution < -0.4 is 5.32 Å². The van der Waals surface area contributed by atoms with Gasteiger partial charge in [-0.25, -0.2) is 4.79 Å². The lowest BCUT2D eigenvalue weighted by Crippen LogP contribution is -2.51. The van der Waals surface area contributed by atoms with E-state index in [1.54, 1.807) is 11.8 Å². The second-order valence-corrected chi connectivity index (χ2v) is 5.65. The molecule has 0 saturated carbocycles. The molecule has 0 saturated heterocycles. The van der Waals surface area contributed by atoms with Crippen molar-refractivity contribution in [3.05, 3.63) is 35.9 Å². The lowest BCUT2D eigenvalue weighted by Gasteiger charge is -2.33. The van der Waals surface area contributed by atoms with E-state index in [1.165, 1.54) is 0 Å². The van der Waals surface area contributed by atoms with Gasteiger partial charge in [-0.1, -0.05) is 37.3 Å². The van der Waals surface area contributed by atoms with Gasteiger partial charge in [-0.05, 0) is 43.9 Å². The normalized spacial score (nSPS) is 13.8. The first-order valence-electron chi connectivity index (χ1n) is 7.18. The second-order valence-electron chi connectivity index (χ2n) is 4.66. The molecule has 1 unspecified atom stereocenters. The van der Waals surface area contributed by atoms with Crippen LogP contribution >= 0.6 is 11.8 Å². The Morgan fingerprint density at radius 1 is 1.30 bits per heavy atom. The standard InChI is InChI=1S/C16H25NO2S/c1-4-12-17-16(11-13-20-3,15(18)19-5-2)14-9-7-6-8-10-14/h6-10,17H,4-5,11-13H2,1-3H3. The Morgan fingerprint density at radius 3 is 2.55 bits per heavy atom. The molecule has 0 aliphatic carbocycles. The fourth-order valence-electron chi connectivity index (χ4n) is 2.20. The van der Waals surface area contributed by atoms with Gasteiger partial charge in [0.2, 0.25) is 0 Å². The maximum atomic E-state index is 12.6. The first-order chi connectivity index (χ1) is 9.71. The van der Waals surface area contributed by atoms with Crippen molar-refractivity contribution < 1.29 is 9.53 Å². The summed E-state index contributed by atoms with van der Waals surface area (Å²) in [5, 5.41) is 3.43. The Kier molecular flexibility index (Phi) is 7.70. The minimum atomic E-state index is -0.726. The summed E-state index contributed by atoms with van der Waals surface area (Å²) in [5.74, 6) is 0.735. The Bertz CT molecular complexity index is 387. The van der Waals surface area contributed by atoms with Crippen LogP contribution in [0, 0.1) is 0 Å². The van der Waals surface area contributed by atoms with Gasteiger partial charge in [-0.2, -0.15) is 11.8 Å². The van der Waals surface area contributed by atoms with Gasteiger partial charge in [0.15, 0.2) is 0 Å². The van der Waals surface area contributed by atoms with Crippen LogP contribution in [-0.4, -0.2) is 31.1 Å². The molecule has 1 atom stereocenters. The third-order valence-corrected chi connectivity index (χ3v) is 3.86. The number of ether oxygens (including phenoxy) is 1. The van der Waals surface area contributed by atoms with E-state index in [0.717, 1.165) is 30.7 Å². The van der Waals surface area contributed by atoms with Crippen molar-refractivity contribution in [1.29, 1.82) is 0 Å². The van der Waals surface area contributed by atoms with Gasteiger partial charge in [-0.15, -0.1) is 0 Å². The van der Waals surface area contributed by atoms with E-state index in [-0.39, 0.29) is 5.97 Å². The highest BCUT2D eigenvalue weighted by molar-refractivity contribution is 7.98. The number of nitrogens with one attached hydrogen (secondary N) is 1. The smallest absolute Gasteiger partial charge is 0.331 e. The first-order valence-corrected chi connectivity index (χ1v) is 8.57. The molecule has 1 N–H and O–H groups in total. The van der Waals surface area contributed by atoms with Crippen LogP contribution in [0.25, 0.3) is 0 Å². The van der Waals surface area contributed by atoms with Gasteiger partial charge >= 0.3 is 5.97 Å². The molecule has 1 aromatic carbocycles. The Morgan fingerprint density at radius 2 is 2.00 bits per heavy atom.